The SMILES string of the molecule is CC(=O)C[C@@H](C)[C@]1(C)C[C@@H]2C[C@H](C1=O)C2(C)C. The Kier molecular flexibility index (Phi) is 2.76. The van der Waals surface area contributed by atoms with Gasteiger partial charge in [0.25, 0.3) is 0 Å². The summed E-state index contributed by atoms with van der Waals surface area (Å²) in [5.41, 5.74) is -0.0543. The lowest BCUT2D eigenvalue weighted by Gasteiger charge is -2.61. The van der Waals surface area contributed by atoms with Gasteiger partial charge in [0.15, 0.2) is 0 Å². The topological polar surface area (TPSA) is 34.1 Å². The molecular weight excluding hydrogens is 212 g/mol. The Balaban J connectivity index is 2.19. The molecule has 0 spiro atoms. The van der Waals surface area contributed by atoms with Gasteiger partial charge in [-0.1, -0.05) is 27.7 Å². The number of rotatable bonds is 3. The molecule has 3 fully saturated rings. The maximum absolute atomic E-state index is 12.6. The minimum atomic E-state index is -0.255. The first-order valence-corrected chi connectivity index (χ1v) is 6.73. The number of fused-ring (bicyclic) bond motifs is 2. The summed E-state index contributed by atoms with van der Waals surface area (Å²) in [5.74, 6) is 1.71. The van der Waals surface area contributed by atoms with Crippen LogP contribution in [-0.2, 0) is 9.59 Å². The molecule has 0 N–H and O–H groups in total. The summed E-state index contributed by atoms with van der Waals surface area (Å²) in [6.45, 7) is 10.2. The maximum atomic E-state index is 12.6. The molecule has 0 aromatic heterocycles. The smallest absolute Gasteiger partial charge is 0.142 e. The van der Waals surface area contributed by atoms with Gasteiger partial charge >= 0.3 is 0 Å². The van der Waals surface area contributed by atoms with Crippen molar-refractivity contribution in [1.82, 2.24) is 0 Å². The van der Waals surface area contributed by atoms with E-state index >= 15 is 0 Å². The molecule has 0 saturated heterocycles. The van der Waals surface area contributed by atoms with E-state index in [0.29, 0.717) is 18.1 Å². The molecule has 17 heavy (non-hydrogen) atoms. The lowest BCUT2D eigenvalue weighted by molar-refractivity contribution is -0.173. The first kappa shape index (κ1) is 12.8. The van der Waals surface area contributed by atoms with Crippen molar-refractivity contribution < 1.29 is 9.59 Å². The third-order valence-electron chi connectivity index (χ3n) is 5.70. The zero-order valence-electron chi connectivity index (χ0n) is 11.7. The molecule has 0 aromatic carbocycles. The molecule has 3 aliphatic carbocycles. The Labute approximate surface area is 104 Å². The summed E-state index contributed by atoms with van der Waals surface area (Å²) in [5, 5.41) is 0. The normalized spacial score (nSPS) is 40.6. The summed E-state index contributed by atoms with van der Waals surface area (Å²) >= 11 is 0. The van der Waals surface area contributed by atoms with Gasteiger partial charge in [-0.3, -0.25) is 4.79 Å². The van der Waals surface area contributed by atoms with Crippen LogP contribution < -0.4 is 0 Å². The van der Waals surface area contributed by atoms with Crippen molar-refractivity contribution in [2.45, 2.75) is 53.9 Å². The van der Waals surface area contributed by atoms with Crippen LogP contribution in [0.1, 0.15) is 53.9 Å². The zero-order chi connectivity index (χ0) is 13.0. The number of hydrogen-bond acceptors (Lipinski definition) is 2. The van der Waals surface area contributed by atoms with Gasteiger partial charge in [0.2, 0.25) is 0 Å². The minimum Gasteiger partial charge on any atom is -0.300 e. The highest BCUT2D eigenvalue weighted by atomic mass is 16.1. The van der Waals surface area contributed by atoms with Crippen molar-refractivity contribution in [1.29, 1.82) is 0 Å². The summed E-state index contributed by atoms with van der Waals surface area (Å²) in [6, 6.07) is 0. The number of ketones is 2. The van der Waals surface area contributed by atoms with Gasteiger partial charge in [0, 0.05) is 17.8 Å². The highest BCUT2D eigenvalue weighted by Gasteiger charge is 2.62. The van der Waals surface area contributed by atoms with Gasteiger partial charge < -0.3 is 4.79 Å². The molecule has 3 saturated carbocycles. The second kappa shape index (κ2) is 3.66. The van der Waals surface area contributed by atoms with Gasteiger partial charge in [0.1, 0.15) is 11.6 Å². The van der Waals surface area contributed by atoms with E-state index in [1.54, 1.807) is 6.92 Å². The summed E-state index contributed by atoms with van der Waals surface area (Å²) < 4.78 is 0. The first-order valence-electron chi connectivity index (χ1n) is 6.73. The van der Waals surface area contributed by atoms with Gasteiger partial charge in [-0.2, -0.15) is 0 Å². The van der Waals surface area contributed by atoms with Crippen LogP contribution in [0.15, 0.2) is 0 Å². The van der Waals surface area contributed by atoms with Crippen LogP contribution in [0.5, 0.6) is 0 Å². The maximum Gasteiger partial charge on any atom is 0.142 e. The Morgan fingerprint density at radius 3 is 2.41 bits per heavy atom. The molecule has 0 unspecified atom stereocenters. The van der Waals surface area contributed by atoms with E-state index in [2.05, 4.69) is 27.7 Å². The third kappa shape index (κ3) is 1.68. The van der Waals surface area contributed by atoms with Gasteiger partial charge in [-0.05, 0) is 37.0 Å². The van der Waals surface area contributed by atoms with Crippen molar-refractivity contribution in [2.75, 3.05) is 0 Å². The molecule has 96 valence electrons. The lowest BCUT2D eigenvalue weighted by Crippen LogP contribution is -2.61. The van der Waals surface area contributed by atoms with Crippen LogP contribution in [0.4, 0.5) is 0 Å². The third-order valence-corrected chi connectivity index (χ3v) is 5.70. The molecule has 0 aromatic rings. The zero-order valence-corrected chi connectivity index (χ0v) is 11.7. The van der Waals surface area contributed by atoms with E-state index in [9.17, 15) is 9.59 Å². The number of hydrogen-bond donors (Lipinski definition) is 0. The van der Waals surface area contributed by atoms with Gasteiger partial charge in [-0.15, -0.1) is 0 Å². The molecule has 0 heterocycles. The average molecular weight is 236 g/mol. The molecule has 0 aliphatic heterocycles. The average Bonchev–Trinajstić information content (AvgIpc) is 2.20. The fourth-order valence-corrected chi connectivity index (χ4v) is 3.92. The summed E-state index contributed by atoms with van der Waals surface area (Å²) in [4.78, 5) is 23.9. The molecular formula is C15H24O2. The molecule has 3 aliphatic rings. The molecule has 0 amide bonds. The Hall–Kier alpha value is -0.660. The van der Waals surface area contributed by atoms with E-state index < -0.39 is 0 Å². The van der Waals surface area contributed by atoms with Crippen molar-refractivity contribution in [2.24, 2.45) is 28.6 Å². The van der Waals surface area contributed by atoms with Crippen molar-refractivity contribution in [3.63, 3.8) is 0 Å². The van der Waals surface area contributed by atoms with Crippen LogP contribution in [-0.4, -0.2) is 11.6 Å². The molecule has 2 heteroatoms. The van der Waals surface area contributed by atoms with Crippen molar-refractivity contribution >= 4 is 11.6 Å². The quantitative estimate of drug-likeness (QED) is 0.754. The van der Waals surface area contributed by atoms with Crippen LogP contribution in [0, 0.1) is 28.6 Å². The standard InChI is InChI=1S/C15H24O2/c1-9(6-10(2)16)15(5)8-11-7-12(13(15)17)14(11,3)4/h9,11-12H,6-8H2,1-5H3/t9-,11+,12-,15+/m1/s1. The Morgan fingerprint density at radius 1 is 1.41 bits per heavy atom. The Morgan fingerprint density at radius 2 is 2.00 bits per heavy atom. The Bertz CT molecular complexity index is 369. The number of carbonyl (C=O) groups is 2. The van der Waals surface area contributed by atoms with Crippen molar-refractivity contribution in [3.05, 3.63) is 0 Å². The van der Waals surface area contributed by atoms with E-state index in [0.717, 1.165) is 12.8 Å². The van der Waals surface area contributed by atoms with Gasteiger partial charge in [0.05, 0.1) is 0 Å². The van der Waals surface area contributed by atoms with E-state index in [-0.39, 0.29) is 28.4 Å². The second-order valence-electron chi connectivity index (χ2n) is 7.10. The summed E-state index contributed by atoms with van der Waals surface area (Å²) in [6.07, 6.45) is 2.60. The van der Waals surface area contributed by atoms with E-state index in [1.165, 1.54) is 0 Å². The predicted octanol–water partition coefficient (Wildman–Crippen LogP) is 3.24. The lowest BCUT2D eigenvalue weighted by atomic mass is 9.41. The van der Waals surface area contributed by atoms with E-state index in [1.807, 2.05) is 0 Å². The number of Topliss-reactive ketones (excluding diaryl/α,β-unsaturated/α-hetero) is 2. The van der Waals surface area contributed by atoms with Crippen molar-refractivity contribution in [3.8, 4) is 0 Å². The molecule has 3 rings (SSSR count). The minimum absolute atomic E-state index is 0.189. The highest BCUT2D eigenvalue weighted by Crippen LogP contribution is 2.63. The molecule has 2 bridgehead atoms. The molecule has 4 atom stereocenters. The van der Waals surface area contributed by atoms with Gasteiger partial charge in [-0.25, -0.2) is 0 Å². The molecule has 2 nitrogen and oxygen atoms in total. The fourth-order valence-electron chi connectivity index (χ4n) is 3.92. The predicted molar refractivity (Wildman–Crippen MR) is 67.6 cm³/mol. The van der Waals surface area contributed by atoms with Crippen LogP contribution in [0.25, 0.3) is 0 Å². The fraction of sp³-hybridized carbons (Fsp3) is 0.867. The van der Waals surface area contributed by atoms with Crippen LogP contribution in [0.3, 0.4) is 0 Å². The monoisotopic (exact) mass is 236 g/mol. The summed E-state index contributed by atoms with van der Waals surface area (Å²) in [7, 11) is 0. The highest BCUT2D eigenvalue weighted by molar-refractivity contribution is 5.91. The second-order valence-corrected chi connectivity index (χ2v) is 7.10. The largest absolute Gasteiger partial charge is 0.300 e. The molecule has 0 radical (unpaired) electrons. The number of carbonyl (C=O) groups excluding carboxylic acids is 2. The first-order chi connectivity index (χ1) is 7.69. The van der Waals surface area contributed by atoms with Crippen LogP contribution >= 0.6 is 0 Å². The van der Waals surface area contributed by atoms with E-state index in [4.69, 9.17) is 0 Å². The van der Waals surface area contributed by atoms with Crippen LogP contribution in [0.2, 0.25) is 0 Å².